The topological polar surface area (TPSA) is 87.1 Å². The van der Waals surface area contributed by atoms with Crippen LogP contribution in [0.4, 0.5) is 11.6 Å². The second kappa shape index (κ2) is 7.23. The van der Waals surface area contributed by atoms with Gasteiger partial charge in [-0.05, 0) is 33.3 Å². The standard InChI is InChI=1S/C18H25N7O/c1-11-12(2)20-16(18(26)24(4)5)23-17(11)25-9-7-14(10-25)22-15-6-8-19-13(3)21-15/h6,8,14H,7,9-10H2,1-5H3,(H,19,21,22)/t14-/m1/s1. The van der Waals surface area contributed by atoms with Gasteiger partial charge in [0.25, 0.3) is 5.91 Å². The van der Waals surface area contributed by atoms with E-state index in [9.17, 15) is 4.79 Å². The number of nitrogens with one attached hydrogen (secondary N) is 1. The van der Waals surface area contributed by atoms with Crippen molar-refractivity contribution in [2.45, 2.75) is 33.2 Å². The third-order valence-corrected chi connectivity index (χ3v) is 4.58. The van der Waals surface area contributed by atoms with Crippen LogP contribution in [0.1, 0.15) is 34.1 Å². The maximum atomic E-state index is 12.3. The number of aryl methyl sites for hydroxylation is 2. The molecule has 3 rings (SSSR count). The molecule has 26 heavy (non-hydrogen) atoms. The highest BCUT2D eigenvalue weighted by atomic mass is 16.2. The molecule has 138 valence electrons. The summed E-state index contributed by atoms with van der Waals surface area (Å²) in [7, 11) is 3.42. The lowest BCUT2D eigenvalue weighted by Gasteiger charge is -2.22. The number of amides is 1. The van der Waals surface area contributed by atoms with Crippen molar-refractivity contribution in [1.82, 2.24) is 24.8 Å². The quantitative estimate of drug-likeness (QED) is 0.891. The number of rotatable bonds is 4. The van der Waals surface area contributed by atoms with E-state index in [1.807, 2.05) is 26.8 Å². The zero-order valence-corrected chi connectivity index (χ0v) is 15.9. The Balaban J connectivity index is 1.78. The molecule has 3 heterocycles. The second-order valence-corrected chi connectivity index (χ2v) is 6.85. The van der Waals surface area contributed by atoms with E-state index in [0.29, 0.717) is 0 Å². The highest BCUT2D eigenvalue weighted by molar-refractivity contribution is 5.90. The third-order valence-electron chi connectivity index (χ3n) is 4.58. The monoisotopic (exact) mass is 355 g/mol. The van der Waals surface area contributed by atoms with Gasteiger partial charge in [0.2, 0.25) is 5.82 Å². The minimum atomic E-state index is -0.181. The molecule has 1 amide bonds. The van der Waals surface area contributed by atoms with Gasteiger partial charge in [0.1, 0.15) is 17.5 Å². The van der Waals surface area contributed by atoms with Crippen molar-refractivity contribution in [2.24, 2.45) is 0 Å². The third kappa shape index (κ3) is 3.74. The summed E-state index contributed by atoms with van der Waals surface area (Å²) < 4.78 is 0. The Morgan fingerprint density at radius 2 is 2.00 bits per heavy atom. The number of carbonyl (C=O) groups is 1. The molecule has 0 bridgehead atoms. The lowest BCUT2D eigenvalue weighted by molar-refractivity contribution is 0.0815. The first kappa shape index (κ1) is 18.0. The van der Waals surface area contributed by atoms with Gasteiger partial charge < -0.3 is 15.1 Å². The van der Waals surface area contributed by atoms with Crippen LogP contribution in [-0.2, 0) is 0 Å². The first-order chi connectivity index (χ1) is 12.3. The van der Waals surface area contributed by atoms with E-state index in [1.165, 1.54) is 4.90 Å². The van der Waals surface area contributed by atoms with Gasteiger partial charge in [0.15, 0.2) is 0 Å². The molecule has 1 aliphatic heterocycles. The zero-order chi connectivity index (χ0) is 18.8. The molecule has 1 aliphatic rings. The van der Waals surface area contributed by atoms with Crippen molar-refractivity contribution < 1.29 is 4.79 Å². The molecule has 2 aromatic rings. The molecule has 0 spiro atoms. The summed E-state index contributed by atoms with van der Waals surface area (Å²) in [5.41, 5.74) is 1.85. The predicted octanol–water partition coefficient (Wildman–Crippen LogP) is 1.58. The minimum Gasteiger partial charge on any atom is -0.365 e. The minimum absolute atomic E-state index is 0.181. The lowest BCUT2D eigenvalue weighted by Crippen LogP contribution is -2.30. The molecule has 8 heteroatoms. The first-order valence-electron chi connectivity index (χ1n) is 8.73. The molecule has 0 aromatic carbocycles. The van der Waals surface area contributed by atoms with Gasteiger partial charge in [0.05, 0.1) is 0 Å². The molecule has 8 nitrogen and oxygen atoms in total. The normalized spacial score (nSPS) is 16.7. The van der Waals surface area contributed by atoms with Gasteiger partial charge >= 0.3 is 0 Å². The molecule has 1 N–H and O–H groups in total. The summed E-state index contributed by atoms with van der Waals surface area (Å²) in [6.07, 6.45) is 2.73. The summed E-state index contributed by atoms with van der Waals surface area (Å²) in [4.78, 5) is 33.4. The van der Waals surface area contributed by atoms with E-state index < -0.39 is 0 Å². The predicted molar refractivity (Wildman–Crippen MR) is 101 cm³/mol. The van der Waals surface area contributed by atoms with Gasteiger partial charge in [-0.15, -0.1) is 0 Å². The van der Waals surface area contributed by atoms with Crippen molar-refractivity contribution in [3.8, 4) is 0 Å². The van der Waals surface area contributed by atoms with E-state index in [2.05, 4.69) is 30.2 Å². The van der Waals surface area contributed by atoms with Crippen LogP contribution in [0.5, 0.6) is 0 Å². The van der Waals surface area contributed by atoms with E-state index in [4.69, 9.17) is 0 Å². The van der Waals surface area contributed by atoms with Crippen LogP contribution in [0.3, 0.4) is 0 Å². The Hall–Kier alpha value is -2.77. The zero-order valence-electron chi connectivity index (χ0n) is 15.9. The van der Waals surface area contributed by atoms with Crippen LogP contribution in [0.2, 0.25) is 0 Å². The Bertz CT molecular complexity index is 821. The average Bonchev–Trinajstić information content (AvgIpc) is 3.04. The van der Waals surface area contributed by atoms with Crippen LogP contribution in [0.25, 0.3) is 0 Å². The summed E-state index contributed by atoms with van der Waals surface area (Å²) in [6, 6.07) is 2.15. The molecular formula is C18H25N7O. The SMILES string of the molecule is Cc1nccc(N[C@@H]2CCN(c3nc(C(=O)N(C)C)nc(C)c3C)C2)n1. The van der Waals surface area contributed by atoms with Crippen LogP contribution < -0.4 is 10.2 Å². The molecule has 1 atom stereocenters. The number of anilines is 2. The number of nitrogens with zero attached hydrogens (tertiary/aromatic N) is 6. The number of aromatic nitrogens is 4. The second-order valence-electron chi connectivity index (χ2n) is 6.85. The molecule has 0 saturated carbocycles. The Morgan fingerprint density at radius 3 is 2.69 bits per heavy atom. The molecule has 0 radical (unpaired) electrons. The summed E-state index contributed by atoms with van der Waals surface area (Å²) in [5, 5.41) is 3.46. The van der Waals surface area contributed by atoms with Gasteiger partial charge in [-0.1, -0.05) is 0 Å². The van der Waals surface area contributed by atoms with Gasteiger partial charge in [-0.2, -0.15) is 0 Å². The number of hydrogen-bond acceptors (Lipinski definition) is 7. The van der Waals surface area contributed by atoms with E-state index >= 15 is 0 Å². The molecule has 1 saturated heterocycles. The summed E-state index contributed by atoms with van der Waals surface area (Å²) in [5.74, 6) is 2.49. The van der Waals surface area contributed by atoms with Crippen molar-refractivity contribution in [3.63, 3.8) is 0 Å². The lowest BCUT2D eigenvalue weighted by atomic mass is 10.2. The maximum Gasteiger partial charge on any atom is 0.291 e. The maximum absolute atomic E-state index is 12.3. The van der Waals surface area contributed by atoms with Crippen molar-refractivity contribution in [3.05, 3.63) is 35.2 Å². The highest BCUT2D eigenvalue weighted by Gasteiger charge is 2.27. The number of hydrogen-bond donors (Lipinski definition) is 1. The smallest absolute Gasteiger partial charge is 0.291 e. The molecule has 1 fully saturated rings. The molecule has 0 unspecified atom stereocenters. The Labute approximate surface area is 153 Å². The van der Waals surface area contributed by atoms with Crippen LogP contribution in [0, 0.1) is 20.8 Å². The van der Waals surface area contributed by atoms with Crippen LogP contribution in [0.15, 0.2) is 12.3 Å². The fourth-order valence-electron chi connectivity index (χ4n) is 3.03. The highest BCUT2D eigenvalue weighted by Crippen LogP contribution is 2.25. The van der Waals surface area contributed by atoms with Crippen molar-refractivity contribution in [1.29, 1.82) is 0 Å². The molecular weight excluding hydrogens is 330 g/mol. The van der Waals surface area contributed by atoms with Crippen LogP contribution in [-0.4, -0.2) is 64.0 Å². The number of carbonyl (C=O) groups excluding carboxylic acids is 1. The van der Waals surface area contributed by atoms with Crippen LogP contribution >= 0.6 is 0 Å². The largest absolute Gasteiger partial charge is 0.365 e. The molecule has 0 aliphatic carbocycles. The van der Waals surface area contributed by atoms with Crippen molar-refractivity contribution in [2.75, 3.05) is 37.4 Å². The van der Waals surface area contributed by atoms with E-state index in [-0.39, 0.29) is 17.8 Å². The van der Waals surface area contributed by atoms with Gasteiger partial charge in [-0.25, -0.2) is 19.9 Å². The first-order valence-corrected chi connectivity index (χ1v) is 8.73. The van der Waals surface area contributed by atoms with Crippen molar-refractivity contribution >= 4 is 17.5 Å². The Kier molecular flexibility index (Phi) is 5.01. The fourth-order valence-corrected chi connectivity index (χ4v) is 3.03. The van der Waals surface area contributed by atoms with Gasteiger partial charge in [0, 0.05) is 50.7 Å². The fraction of sp³-hybridized carbons (Fsp3) is 0.500. The summed E-state index contributed by atoms with van der Waals surface area (Å²) >= 11 is 0. The molecule has 2 aromatic heterocycles. The Morgan fingerprint density at radius 1 is 1.23 bits per heavy atom. The van der Waals surface area contributed by atoms with E-state index in [1.54, 1.807) is 20.3 Å². The van der Waals surface area contributed by atoms with E-state index in [0.717, 1.165) is 48.2 Å². The van der Waals surface area contributed by atoms with Gasteiger partial charge in [-0.3, -0.25) is 4.79 Å². The summed E-state index contributed by atoms with van der Waals surface area (Å²) in [6.45, 7) is 7.47. The average molecular weight is 355 g/mol.